The van der Waals surface area contributed by atoms with E-state index >= 15 is 0 Å². The number of rotatable bonds is 3. The summed E-state index contributed by atoms with van der Waals surface area (Å²) in [6.07, 6.45) is 1.20. The first-order valence-electron chi connectivity index (χ1n) is 6.55. The van der Waals surface area contributed by atoms with Gasteiger partial charge in [-0.1, -0.05) is 6.07 Å². The predicted octanol–water partition coefficient (Wildman–Crippen LogP) is 0.615. The Hall–Kier alpha value is -2.24. The van der Waals surface area contributed by atoms with Crippen LogP contribution in [0.2, 0.25) is 0 Å². The summed E-state index contributed by atoms with van der Waals surface area (Å²) in [7, 11) is 1.51. The number of primary amides is 1. The van der Waals surface area contributed by atoms with Crippen LogP contribution in [0.1, 0.15) is 23.2 Å². The van der Waals surface area contributed by atoms with Crippen molar-refractivity contribution in [2.75, 3.05) is 25.9 Å². The number of ether oxygens (including phenoxy) is 1. The summed E-state index contributed by atoms with van der Waals surface area (Å²) in [4.78, 5) is 25.3. The van der Waals surface area contributed by atoms with Crippen molar-refractivity contribution in [1.29, 1.82) is 0 Å². The molecule has 0 unspecified atom stereocenters. The van der Waals surface area contributed by atoms with Gasteiger partial charge in [0.2, 0.25) is 5.91 Å². The van der Waals surface area contributed by atoms with Crippen molar-refractivity contribution < 1.29 is 14.3 Å². The van der Waals surface area contributed by atoms with Crippen molar-refractivity contribution in [3.05, 3.63) is 23.8 Å². The normalized spacial score (nSPS) is 15.9. The molecule has 20 heavy (non-hydrogen) atoms. The third-order valence-corrected chi connectivity index (χ3v) is 3.70. The molecule has 2 rings (SSSR count). The molecular formula is C14H19N3O3. The van der Waals surface area contributed by atoms with Gasteiger partial charge in [-0.25, -0.2) is 0 Å². The Morgan fingerprint density at radius 2 is 1.95 bits per heavy atom. The summed E-state index contributed by atoms with van der Waals surface area (Å²) in [5.74, 6) is -0.0770. The summed E-state index contributed by atoms with van der Waals surface area (Å²) in [6.45, 7) is 1.03. The lowest BCUT2D eigenvalue weighted by atomic mass is 9.95. The molecule has 1 saturated heterocycles. The van der Waals surface area contributed by atoms with E-state index in [0.29, 0.717) is 42.9 Å². The lowest BCUT2D eigenvalue weighted by molar-refractivity contribution is -0.123. The average molecular weight is 277 g/mol. The van der Waals surface area contributed by atoms with E-state index in [-0.39, 0.29) is 17.7 Å². The number of carbonyl (C=O) groups is 2. The molecule has 1 aromatic rings. The molecule has 1 heterocycles. The number of carbonyl (C=O) groups excluding carboxylic acids is 2. The summed E-state index contributed by atoms with van der Waals surface area (Å²) in [6, 6.07) is 5.13. The van der Waals surface area contributed by atoms with E-state index in [9.17, 15) is 9.59 Å². The molecule has 0 atom stereocenters. The predicted molar refractivity (Wildman–Crippen MR) is 75.2 cm³/mol. The van der Waals surface area contributed by atoms with Crippen LogP contribution in [0, 0.1) is 5.92 Å². The van der Waals surface area contributed by atoms with Crippen molar-refractivity contribution in [3.63, 3.8) is 0 Å². The van der Waals surface area contributed by atoms with Crippen molar-refractivity contribution >= 4 is 17.5 Å². The zero-order valence-corrected chi connectivity index (χ0v) is 11.5. The van der Waals surface area contributed by atoms with Crippen LogP contribution < -0.4 is 16.2 Å². The Morgan fingerprint density at radius 1 is 1.30 bits per heavy atom. The first-order chi connectivity index (χ1) is 9.54. The van der Waals surface area contributed by atoms with E-state index in [4.69, 9.17) is 16.2 Å². The number of para-hydroxylation sites is 1. The lowest BCUT2D eigenvalue weighted by Gasteiger charge is -2.31. The highest BCUT2D eigenvalue weighted by molar-refractivity contribution is 6.00. The second kappa shape index (κ2) is 5.81. The minimum absolute atomic E-state index is 0.135. The molecule has 4 N–H and O–H groups in total. The van der Waals surface area contributed by atoms with Crippen LogP contribution in [0.25, 0.3) is 0 Å². The number of nitrogens with zero attached hydrogens (tertiary/aromatic N) is 1. The molecule has 0 spiro atoms. The quantitative estimate of drug-likeness (QED) is 0.791. The number of nitrogen functional groups attached to an aromatic ring is 1. The highest BCUT2D eigenvalue weighted by Gasteiger charge is 2.27. The largest absolute Gasteiger partial charge is 0.495 e. The Kier molecular flexibility index (Phi) is 4.12. The number of methoxy groups -OCH3 is 1. The Balaban J connectivity index is 2.11. The molecule has 0 aromatic heterocycles. The summed E-state index contributed by atoms with van der Waals surface area (Å²) in [5.41, 5.74) is 12.0. The van der Waals surface area contributed by atoms with Gasteiger partial charge in [0.15, 0.2) is 0 Å². The van der Waals surface area contributed by atoms with E-state index < -0.39 is 0 Å². The van der Waals surface area contributed by atoms with E-state index in [1.807, 2.05) is 0 Å². The fraction of sp³-hybridized carbons (Fsp3) is 0.429. The summed E-state index contributed by atoms with van der Waals surface area (Å²) in [5, 5.41) is 0. The highest BCUT2D eigenvalue weighted by atomic mass is 16.5. The lowest BCUT2D eigenvalue weighted by Crippen LogP contribution is -2.41. The number of piperidine rings is 1. The summed E-state index contributed by atoms with van der Waals surface area (Å²) < 4.78 is 5.11. The molecule has 6 nitrogen and oxygen atoms in total. The molecule has 108 valence electrons. The number of anilines is 1. The first kappa shape index (κ1) is 14.2. The van der Waals surface area contributed by atoms with E-state index in [1.165, 1.54) is 7.11 Å². The van der Waals surface area contributed by atoms with Crippen LogP contribution in [-0.4, -0.2) is 36.9 Å². The van der Waals surface area contributed by atoms with Gasteiger partial charge >= 0.3 is 0 Å². The van der Waals surface area contributed by atoms with Gasteiger partial charge in [0, 0.05) is 19.0 Å². The molecule has 1 aliphatic rings. The molecule has 1 aliphatic heterocycles. The maximum Gasteiger partial charge on any atom is 0.256 e. The number of likely N-dealkylation sites (tertiary alicyclic amines) is 1. The number of benzene rings is 1. The van der Waals surface area contributed by atoms with Crippen molar-refractivity contribution in [1.82, 2.24) is 4.90 Å². The van der Waals surface area contributed by atoms with Crippen molar-refractivity contribution in [3.8, 4) is 5.75 Å². The van der Waals surface area contributed by atoms with Gasteiger partial charge in [-0.05, 0) is 25.0 Å². The highest BCUT2D eigenvalue weighted by Crippen LogP contribution is 2.27. The fourth-order valence-corrected chi connectivity index (χ4v) is 2.45. The van der Waals surface area contributed by atoms with Crippen molar-refractivity contribution in [2.45, 2.75) is 12.8 Å². The minimum Gasteiger partial charge on any atom is -0.495 e. The van der Waals surface area contributed by atoms with E-state index in [0.717, 1.165) is 0 Å². The van der Waals surface area contributed by atoms with Gasteiger partial charge in [0.1, 0.15) is 5.75 Å². The third kappa shape index (κ3) is 2.68. The summed E-state index contributed by atoms with van der Waals surface area (Å²) >= 11 is 0. The second-order valence-corrected chi connectivity index (χ2v) is 4.89. The average Bonchev–Trinajstić information content (AvgIpc) is 2.47. The van der Waals surface area contributed by atoms with Crippen molar-refractivity contribution in [2.24, 2.45) is 11.7 Å². The molecule has 6 heteroatoms. The molecule has 2 amide bonds. The molecule has 0 bridgehead atoms. The van der Waals surface area contributed by atoms with Crippen LogP contribution in [0.15, 0.2) is 18.2 Å². The van der Waals surface area contributed by atoms with Gasteiger partial charge < -0.3 is 21.1 Å². The first-order valence-corrected chi connectivity index (χ1v) is 6.55. The Labute approximate surface area is 117 Å². The van der Waals surface area contributed by atoms with E-state index in [2.05, 4.69) is 0 Å². The van der Waals surface area contributed by atoms with E-state index in [1.54, 1.807) is 23.1 Å². The van der Waals surface area contributed by atoms with Crippen LogP contribution in [-0.2, 0) is 4.79 Å². The van der Waals surface area contributed by atoms with Gasteiger partial charge in [0.25, 0.3) is 5.91 Å². The van der Waals surface area contributed by atoms with Gasteiger partial charge in [-0.15, -0.1) is 0 Å². The van der Waals surface area contributed by atoms with Gasteiger partial charge in [0.05, 0.1) is 18.4 Å². The third-order valence-electron chi connectivity index (χ3n) is 3.70. The number of amides is 2. The van der Waals surface area contributed by atoms with Crippen LogP contribution >= 0.6 is 0 Å². The molecular weight excluding hydrogens is 258 g/mol. The maximum atomic E-state index is 12.4. The molecule has 0 aliphatic carbocycles. The Morgan fingerprint density at radius 3 is 2.50 bits per heavy atom. The number of hydrogen-bond acceptors (Lipinski definition) is 4. The molecule has 0 saturated carbocycles. The zero-order valence-electron chi connectivity index (χ0n) is 11.5. The monoisotopic (exact) mass is 277 g/mol. The standard InChI is InChI=1S/C14H19N3O3/c1-20-11-4-2-3-10(12(11)15)14(19)17-7-5-9(6-8-17)13(16)18/h2-4,9H,5-8,15H2,1H3,(H2,16,18). The molecule has 1 aromatic carbocycles. The maximum absolute atomic E-state index is 12.4. The molecule has 1 fully saturated rings. The smallest absolute Gasteiger partial charge is 0.256 e. The minimum atomic E-state index is -0.294. The topological polar surface area (TPSA) is 98.6 Å². The Bertz CT molecular complexity index is 522. The number of hydrogen-bond donors (Lipinski definition) is 2. The fourth-order valence-electron chi connectivity index (χ4n) is 2.45. The van der Waals surface area contributed by atoms with Crippen LogP contribution in [0.4, 0.5) is 5.69 Å². The van der Waals surface area contributed by atoms with Crippen LogP contribution in [0.5, 0.6) is 5.75 Å². The SMILES string of the molecule is COc1cccc(C(=O)N2CCC(C(N)=O)CC2)c1N. The second-order valence-electron chi connectivity index (χ2n) is 4.89. The van der Waals surface area contributed by atoms with Gasteiger partial charge in [-0.2, -0.15) is 0 Å². The van der Waals surface area contributed by atoms with Crippen LogP contribution in [0.3, 0.4) is 0 Å². The zero-order chi connectivity index (χ0) is 14.7. The number of nitrogens with two attached hydrogens (primary N) is 2. The van der Waals surface area contributed by atoms with Gasteiger partial charge in [-0.3, -0.25) is 9.59 Å². The molecule has 0 radical (unpaired) electrons.